The van der Waals surface area contributed by atoms with E-state index >= 15 is 0 Å². The lowest BCUT2D eigenvalue weighted by Gasteiger charge is -2.03. The highest BCUT2D eigenvalue weighted by Crippen LogP contribution is 2.24. The molecule has 0 radical (unpaired) electrons. The Morgan fingerprint density at radius 1 is 1.07 bits per heavy atom. The van der Waals surface area contributed by atoms with Crippen LogP contribution in [0.3, 0.4) is 0 Å². The van der Waals surface area contributed by atoms with Crippen molar-refractivity contribution in [2.75, 3.05) is 12.3 Å². The van der Waals surface area contributed by atoms with Gasteiger partial charge in [-0.3, -0.25) is 4.79 Å². The summed E-state index contributed by atoms with van der Waals surface area (Å²) in [5.74, 6) is 0.484. The largest absolute Gasteiger partial charge is 0.411 e. The summed E-state index contributed by atoms with van der Waals surface area (Å²) < 4.78 is 7.40. The second kappa shape index (κ2) is 9.60. The smallest absolute Gasteiger partial charge is 0.277 e. The number of rotatable bonds is 8. The summed E-state index contributed by atoms with van der Waals surface area (Å²) in [5.41, 5.74) is 2.69. The molecule has 2 aromatic heterocycles. The van der Waals surface area contributed by atoms with Gasteiger partial charge in [-0.25, -0.2) is 4.68 Å². The number of carbonyl (C=O) groups is 1. The van der Waals surface area contributed by atoms with Crippen molar-refractivity contribution in [1.82, 2.24) is 25.3 Å². The number of halogens is 1. The number of para-hydroxylation sites is 1. The number of nitrogens with one attached hydrogen (secondary N) is 1. The first-order valence-electron chi connectivity index (χ1n) is 9.26. The Hall–Kier alpha value is -3.10. The van der Waals surface area contributed by atoms with Gasteiger partial charge in [-0.15, -0.1) is 10.2 Å². The summed E-state index contributed by atoms with van der Waals surface area (Å²) in [5, 5.41) is 16.4. The lowest BCUT2D eigenvalue weighted by Crippen LogP contribution is -2.27. The first kappa shape index (κ1) is 20.2. The Kier molecular flexibility index (Phi) is 6.46. The summed E-state index contributed by atoms with van der Waals surface area (Å²) in [6.07, 6.45) is 2.56. The number of amides is 1. The predicted octanol–water partition coefficient (Wildman–Crippen LogP) is 4.03. The van der Waals surface area contributed by atoms with Crippen molar-refractivity contribution in [3.8, 4) is 17.1 Å². The van der Waals surface area contributed by atoms with Crippen LogP contribution in [0, 0.1) is 0 Å². The van der Waals surface area contributed by atoms with Crippen LogP contribution in [-0.4, -0.2) is 38.2 Å². The molecule has 0 fully saturated rings. The third kappa shape index (κ3) is 5.28. The molecule has 30 heavy (non-hydrogen) atoms. The Bertz CT molecular complexity index is 1110. The summed E-state index contributed by atoms with van der Waals surface area (Å²) in [4.78, 5) is 12.1. The van der Waals surface area contributed by atoms with Gasteiger partial charge in [-0.2, -0.15) is 5.10 Å². The van der Waals surface area contributed by atoms with Crippen molar-refractivity contribution in [3.05, 3.63) is 77.6 Å². The molecule has 152 valence electrons. The molecule has 2 heterocycles. The molecule has 0 aliphatic carbocycles. The normalized spacial score (nSPS) is 10.8. The zero-order valence-corrected chi connectivity index (χ0v) is 17.4. The molecule has 1 N–H and O–H groups in total. The van der Waals surface area contributed by atoms with Gasteiger partial charge in [0, 0.05) is 29.7 Å². The van der Waals surface area contributed by atoms with Gasteiger partial charge in [-0.1, -0.05) is 41.6 Å². The molecule has 0 saturated carbocycles. The van der Waals surface area contributed by atoms with Gasteiger partial charge in [0.1, 0.15) is 0 Å². The molecule has 0 unspecified atom stereocenters. The van der Waals surface area contributed by atoms with E-state index in [1.165, 1.54) is 11.8 Å². The molecule has 0 spiro atoms. The highest BCUT2D eigenvalue weighted by molar-refractivity contribution is 7.99. The van der Waals surface area contributed by atoms with Gasteiger partial charge in [0.05, 0.1) is 17.1 Å². The minimum absolute atomic E-state index is 0.103. The van der Waals surface area contributed by atoms with Gasteiger partial charge in [0.25, 0.3) is 5.22 Å². The molecule has 0 atom stereocenters. The van der Waals surface area contributed by atoms with Crippen LogP contribution in [0.4, 0.5) is 0 Å². The van der Waals surface area contributed by atoms with E-state index in [9.17, 15) is 4.79 Å². The van der Waals surface area contributed by atoms with Crippen LogP contribution in [0.25, 0.3) is 17.1 Å². The van der Waals surface area contributed by atoms with Gasteiger partial charge < -0.3 is 9.73 Å². The lowest BCUT2D eigenvalue weighted by molar-refractivity contribution is -0.118. The Labute approximate surface area is 182 Å². The number of benzene rings is 2. The van der Waals surface area contributed by atoms with Gasteiger partial charge in [-0.05, 0) is 42.5 Å². The Morgan fingerprint density at radius 2 is 1.87 bits per heavy atom. The quantitative estimate of drug-likeness (QED) is 0.417. The van der Waals surface area contributed by atoms with Crippen LogP contribution in [0.1, 0.15) is 5.69 Å². The first-order valence-corrected chi connectivity index (χ1v) is 10.6. The average molecular weight is 440 g/mol. The van der Waals surface area contributed by atoms with Crippen LogP contribution in [0.5, 0.6) is 0 Å². The minimum atomic E-state index is -0.103. The van der Waals surface area contributed by atoms with E-state index in [0.29, 0.717) is 29.1 Å². The molecular weight excluding hydrogens is 422 g/mol. The zero-order valence-electron chi connectivity index (χ0n) is 15.9. The van der Waals surface area contributed by atoms with Crippen LogP contribution in [0.2, 0.25) is 5.02 Å². The van der Waals surface area contributed by atoms with Crippen molar-refractivity contribution in [3.63, 3.8) is 0 Å². The highest BCUT2D eigenvalue weighted by atomic mass is 35.5. The third-order valence-electron chi connectivity index (χ3n) is 4.19. The van der Waals surface area contributed by atoms with Crippen LogP contribution >= 0.6 is 23.4 Å². The summed E-state index contributed by atoms with van der Waals surface area (Å²) in [6, 6.07) is 18.9. The molecule has 4 aromatic rings. The molecule has 0 aliphatic rings. The van der Waals surface area contributed by atoms with Gasteiger partial charge in [0.2, 0.25) is 11.8 Å². The predicted molar refractivity (Wildman–Crippen MR) is 116 cm³/mol. The zero-order chi connectivity index (χ0) is 20.8. The fourth-order valence-corrected chi connectivity index (χ4v) is 3.42. The van der Waals surface area contributed by atoms with Crippen molar-refractivity contribution in [1.29, 1.82) is 0 Å². The van der Waals surface area contributed by atoms with E-state index in [0.717, 1.165) is 16.9 Å². The maximum atomic E-state index is 12.1. The van der Waals surface area contributed by atoms with Crippen LogP contribution < -0.4 is 5.32 Å². The van der Waals surface area contributed by atoms with E-state index < -0.39 is 0 Å². The fourth-order valence-electron chi connectivity index (χ4n) is 2.71. The number of carbonyl (C=O) groups excluding carboxylic acids is 1. The van der Waals surface area contributed by atoms with Gasteiger partial charge in [0.15, 0.2) is 0 Å². The monoisotopic (exact) mass is 439 g/mol. The second-order valence-corrected chi connectivity index (χ2v) is 7.72. The lowest BCUT2D eigenvalue weighted by atomic mass is 10.2. The van der Waals surface area contributed by atoms with E-state index in [1.807, 2.05) is 47.3 Å². The number of nitrogens with zero attached hydrogens (tertiary/aromatic N) is 4. The maximum Gasteiger partial charge on any atom is 0.277 e. The highest BCUT2D eigenvalue weighted by Gasteiger charge is 2.11. The van der Waals surface area contributed by atoms with E-state index in [1.54, 1.807) is 24.3 Å². The molecule has 9 heteroatoms. The Morgan fingerprint density at radius 3 is 2.67 bits per heavy atom. The molecular formula is C21H18ClN5O2S. The molecule has 0 bridgehead atoms. The molecule has 0 aliphatic heterocycles. The third-order valence-corrected chi connectivity index (χ3v) is 5.26. The van der Waals surface area contributed by atoms with Gasteiger partial charge >= 0.3 is 0 Å². The van der Waals surface area contributed by atoms with E-state index in [-0.39, 0.29) is 11.7 Å². The minimum Gasteiger partial charge on any atom is -0.411 e. The SMILES string of the molecule is O=C(CSc1nnc(-c2ccc(Cl)cc2)o1)NCCc1ccn(-c2ccccc2)n1. The van der Waals surface area contributed by atoms with Crippen molar-refractivity contribution in [2.45, 2.75) is 11.6 Å². The average Bonchev–Trinajstić information content (AvgIpc) is 3.43. The molecule has 0 saturated heterocycles. The summed E-state index contributed by atoms with van der Waals surface area (Å²) in [6.45, 7) is 0.505. The Balaban J connectivity index is 1.21. The summed E-state index contributed by atoms with van der Waals surface area (Å²) >= 11 is 7.08. The van der Waals surface area contributed by atoms with Crippen molar-refractivity contribution < 1.29 is 9.21 Å². The molecule has 4 rings (SSSR count). The van der Waals surface area contributed by atoms with E-state index in [4.69, 9.17) is 16.0 Å². The molecule has 7 nitrogen and oxygen atoms in total. The maximum absolute atomic E-state index is 12.1. The molecule has 1 amide bonds. The van der Waals surface area contributed by atoms with Crippen molar-refractivity contribution >= 4 is 29.3 Å². The molecule has 2 aromatic carbocycles. The van der Waals surface area contributed by atoms with Crippen molar-refractivity contribution in [2.24, 2.45) is 0 Å². The van der Waals surface area contributed by atoms with Crippen LogP contribution in [-0.2, 0) is 11.2 Å². The van der Waals surface area contributed by atoms with Crippen LogP contribution in [0.15, 0.2) is 76.5 Å². The second-order valence-electron chi connectivity index (χ2n) is 6.36. The summed E-state index contributed by atoms with van der Waals surface area (Å²) in [7, 11) is 0. The van der Waals surface area contributed by atoms with E-state index in [2.05, 4.69) is 20.6 Å². The first-order chi connectivity index (χ1) is 14.7. The number of aromatic nitrogens is 4. The topological polar surface area (TPSA) is 85.8 Å². The standard InChI is InChI=1S/C21H18ClN5O2S/c22-16-8-6-15(7-9-16)20-24-25-21(29-20)30-14-19(28)23-12-10-17-11-13-27(26-17)18-4-2-1-3-5-18/h1-9,11,13H,10,12,14H2,(H,23,28). The number of thioether (sulfide) groups is 1. The number of hydrogen-bond donors (Lipinski definition) is 1. The fraction of sp³-hybridized carbons (Fsp3) is 0.143. The number of hydrogen-bond acceptors (Lipinski definition) is 6.